The topological polar surface area (TPSA) is 58.6 Å². The first-order chi connectivity index (χ1) is 16.6. The Bertz CT molecular complexity index is 1450. The number of nitrogens with one attached hydrogen (secondary N) is 1. The summed E-state index contributed by atoms with van der Waals surface area (Å²) in [5.41, 5.74) is 6.19. The highest BCUT2D eigenvalue weighted by Crippen LogP contribution is 2.51. The van der Waals surface area contributed by atoms with Crippen LogP contribution in [0.5, 0.6) is 11.5 Å². The van der Waals surface area contributed by atoms with Crippen molar-refractivity contribution in [1.82, 2.24) is 0 Å². The first-order valence-electron chi connectivity index (χ1n) is 11.6. The molecule has 0 spiro atoms. The number of carbonyl (C=O) groups excluding carboxylic acids is 1. The highest BCUT2D eigenvalue weighted by molar-refractivity contribution is 6.13. The van der Waals surface area contributed by atoms with E-state index >= 15 is 0 Å². The van der Waals surface area contributed by atoms with Crippen LogP contribution in [0.15, 0.2) is 90.5 Å². The SMILES string of the molecule is COc1cc([C@H]2Nc3ccc4ccccc4c3C3=C2C(=O)C[C@@H](c2ccccc2)C3)ccc1O. The number of aromatic hydroxyl groups is 1. The summed E-state index contributed by atoms with van der Waals surface area (Å²) < 4.78 is 5.36. The molecule has 0 unspecified atom stereocenters. The molecule has 168 valence electrons. The van der Waals surface area contributed by atoms with E-state index in [1.807, 2.05) is 36.4 Å². The summed E-state index contributed by atoms with van der Waals surface area (Å²) >= 11 is 0. The number of fused-ring (bicyclic) bond motifs is 4. The fraction of sp³-hybridized carbons (Fsp3) is 0.167. The number of phenols is 1. The van der Waals surface area contributed by atoms with Gasteiger partial charge < -0.3 is 15.2 Å². The number of ether oxygens (including phenoxy) is 1. The van der Waals surface area contributed by atoms with Crippen LogP contribution in [0.25, 0.3) is 16.3 Å². The van der Waals surface area contributed by atoms with Crippen molar-refractivity contribution >= 4 is 27.8 Å². The molecule has 1 aliphatic heterocycles. The number of hydrogen-bond donors (Lipinski definition) is 2. The molecule has 4 nitrogen and oxygen atoms in total. The number of anilines is 1. The van der Waals surface area contributed by atoms with Crippen molar-refractivity contribution in [3.8, 4) is 11.5 Å². The molecule has 34 heavy (non-hydrogen) atoms. The van der Waals surface area contributed by atoms with Gasteiger partial charge in [0.1, 0.15) is 0 Å². The summed E-state index contributed by atoms with van der Waals surface area (Å²) in [4.78, 5) is 13.8. The van der Waals surface area contributed by atoms with Gasteiger partial charge in [0, 0.05) is 23.2 Å². The Balaban J connectivity index is 1.57. The van der Waals surface area contributed by atoms with Crippen molar-refractivity contribution in [1.29, 1.82) is 0 Å². The van der Waals surface area contributed by atoms with Gasteiger partial charge in [0.05, 0.1) is 13.2 Å². The normalized spacial score (nSPS) is 19.4. The highest BCUT2D eigenvalue weighted by Gasteiger charge is 2.38. The molecule has 0 amide bonds. The predicted octanol–water partition coefficient (Wildman–Crippen LogP) is 6.62. The number of phenolic OH excluding ortho intramolecular Hbond substituents is 1. The number of carbonyl (C=O) groups is 1. The second kappa shape index (κ2) is 8.07. The molecular weight excluding hydrogens is 422 g/mol. The first kappa shape index (κ1) is 20.5. The van der Waals surface area contributed by atoms with Gasteiger partial charge in [-0.05, 0) is 58.0 Å². The van der Waals surface area contributed by atoms with E-state index in [1.165, 1.54) is 12.7 Å². The smallest absolute Gasteiger partial charge is 0.162 e. The summed E-state index contributed by atoms with van der Waals surface area (Å²) in [5.74, 6) is 0.795. The lowest BCUT2D eigenvalue weighted by Crippen LogP contribution is -2.29. The zero-order chi connectivity index (χ0) is 23.2. The zero-order valence-electron chi connectivity index (χ0n) is 18.9. The standard InChI is InChI=1S/C30H25NO3/c1-34-27-17-20(12-14-25(27)32)30-29-23(15-21(16-26(29)33)18-7-3-2-4-8-18)28-22-10-6-5-9-19(22)11-13-24(28)31-30/h2-14,17,21,30-32H,15-16H2,1H3/t21-,30+/m0/s1. The molecule has 0 saturated carbocycles. The van der Waals surface area contributed by atoms with Crippen LogP contribution in [-0.2, 0) is 4.79 Å². The van der Waals surface area contributed by atoms with Gasteiger partial charge in [0.2, 0.25) is 0 Å². The Kier molecular flexibility index (Phi) is 4.88. The molecule has 6 rings (SSSR count). The zero-order valence-corrected chi connectivity index (χ0v) is 18.9. The first-order valence-corrected chi connectivity index (χ1v) is 11.6. The molecule has 4 aromatic carbocycles. The van der Waals surface area contributed by atoms with Crippen molar-refractivity contribution in [3.05, 3.63) is 107 Å². The summed E-state index contributed by atoms with van der Waals surface area (Å²) in [7, 11) is 1.54. The maximum Gasteiger partial charge on any atom is 0.162 e. The molecular formula is C30H25NO3. The van der Waals surface area contributed by atoms with Gasteiger partial charge >= 0.3 is 0 Å². The molecule has 1 heterocycles. The van der Waals surface area contributed by atoms with Crippen molar-refractivity contribution < 1.29 is 14.6 Å². The Labute approximate surface area is 198 Å². The Morgan fingerprint density at radius 2 is 1.68 bits per heavy atom. The molecule has 4 aromatic rings. The van der Waals surface area contributed by atoms with Crippen molar-refractivity contribution in [2.75, 3.05) is 12.4 Å². The lowest BCUT2D eigenvalue weighted by atomic mass is 9.71. The molecule has 0 bridgehead atoms. The van der Waals surface area contributed by atoms with Crippen LogP contribution in [0, 0.1) is 0 Å². The van der Waals surface area contributed by atoms with Gasteiger partial charge in [-0.1, -0.05) is 66.7 Å². The minimum absolute atomic E-state index is 0.0850. The van der Waals surface area contributed by atoms with Gasteiger partial charge in [0.15, 0.2) is 17.3 Å². The van der Waals surface area contributed by atoms with Gasteiger partial charge in [-0.15, -0.1) is 0 Å². The van der Waals surface area contributed by atoms with E-state index in [9.17, 15) is 9.90 Å². The molecule has 0 fully saturated rings. The van der Waals surface area contributed by atoms with E-state index in [2.05, 4.69) is 47.8 Å². The molecule has 0 aromatic heterocycles. The van der Waals surface area contributed by atoms with E-state index in [4.69, 9.17) is 4.74 Å². The van der Waals surface area contributed by atoms with Crippen molar-refractivity contribution in [2.45, 2.75) is 24.8 Å². The van der Waals surface area contributed by atoms with Gasteiger partial charge in [-0.3, -0.25) is 4.79 Å². The van der Waals surface area contributed by atoms with Gasteiger partial charge in [-0.2, -0.15) is 0 Å². The number of allylic oxidation sites excluding steroid dienone is 1. The van der Waals surface area contributed by atoms with Crippen LogP contribution in [0.2, 0.25) is 0 Å². The molecule has 2 aliphatic rings. The fourth-order valence-corrected chi connectivity index (χ4v) is 5.53. The van der Waals surface area contributed by atoms with Crippen LogP contribution in [-0.4, -0.2) is 18.0 Å². The summed E-state index contributed by atoms with van der Waals surface area (Å²) in [5, 5.41) is 16.1. The largest absolute Gasteiger partial charge is 0.504 e. The molecule has 2 atom stereocenters. The Morgan fingerprint density at radius 3 is 2.50 bits per heavy atom. The fourth-order valence-electron chi connectivity index (χ4n) is 5.53. The quantitative estimate of drug-likeness (QED) is 0.370. The second-order valence-corrected chi connectivity index (χ2v) is 9.05. The molecule has 1 aliphatic carbocycles. The van der Waals surface area contributed by atoms with Crippen LogP contribution in [0.1, 0.15) is 41.5 Å². The van der Waals surface area contributed by atoms with E-state index in [0.717, 1.165) is 45.2 Å². The maximum atomic E-state index is 13.8. The summed E-state index contributed by atoms with van der Waals surface area (Å²) in [6.07, 6.45) is 1.29. The number of Topliss-reactive ketones (excluding diaryl/α,β-unsaturated/α-hetero) is 1. The van der Waals surface area contributed by atoms with E-state index in [0.29, 0.717) is 12.2 Å². The minimum atomic E-state index is -0.303. The molecule has 0 saturated heterocycles. The summed E-state index contributed by atoms with van der Waals surface area (Å²) in [6, 6.07) is 28.0. The van der Waals surface area contributed by atoms with E-state index < -0.39 is 0 Å². The monoisotopic (exact) mass is 447 g/mol. The predicted molar refractivity (Wildman–Crippen MR) is 135 cm³/mol. The number of ketones is 1. The number of methoxy groups -OCH3 is 1. The third kappa shape index (κ3) is 3.26. The molecule has 0 radical (unpaired) electrons. The van der Waals surface area contributed by atoms with Crippen molar-refractivity contribution in [2.24, 2.45) is 0 Å². The Morgan fingerprint density at radius 1 is 0.882 bits per heavy atom. The van der Waals surface area contributed by atoms with Crippen LogP contribution in [0.4, 0.5) is 5.69 Å². The summed E-state index contributed by atoms with van der Waals surface area (Å²) in [6.45, 7) is 0. The van der Waals surface area contributed by atoms with E-state index in [1.54, 1.807) is 6.07 Å². The molecule has 4 heteroatoms. The molecule has 2 N–H and O–H groups in total. The number of hydrogen-bond acceptors (Lipinski definition) is 4. The Hall–Kier alpha value is -4.05. The average Bonchev–Trinajstić information content (AvgIpc) is 2.88. The van der Waals surface area contributed by atoms with Crippen molar-refractivity contribution in [3.63, 3.8) is 0 Å². The third-order valence-electron chi connectivity index (χ3n) is 7.14. The maximum absolute atomic E-state index is 13.8. The van der Waals surface area contributed by atoms with Crippen LogP contribution in [0.3, 0.4) is 0 Å². The number of benzene rings is 4. The second-order valence-electron chi connectivity index (χ2n) is 9.05. The lowest BCUT2D eigenvalue weighted by Gasteiger charge is -2.37. The van der Waals surface area contributed by atoms with Crippen LogP contribution < -0.4 is 10.1 Å². The number of rotatable bonds is 3. The van der Waals surface area contributed by atoms with Gasteiger partial charge in [0.25, 0.3) is 0 Å². The van der Waals surface area contributed by atoms with Gasteiger partial charge in [-0.25, -0.2) is 0 Å². The minimum Gasteiger partial charge on any atom is -0.504 e. The average molecular weight is 448 g/mol. The third-order valence-corrected chi connectivity index (χ3v) is 7.14. The lowest BCUT2D eigenvalue weighted by molar-refractivity contribution is -0.116. The van der Waals surface area contributed by atoms with Crippen LogP contribution >= 0.6 is 0 Å². The highest BCUT2D eigenvalue weighted by atomic mass is 16.5. The van der Waals surface area contributed by atoms with E-state index in [-0.39, 0.29) is 23.5 Å².